The molecule has 256 valence electrons. The van der Waals surface area contributed by atoms with Crippen LogP contribution in [0.25, 0.3) is 11.1 Å². The molecule has 3 N–H and O–H groups in total. The number of piperidine rings is 2. The van der Waals surface area contributed by atoms with Gasteiger partial charge in [-0.05, 0) is 98.3 Å². The van der Waals surface area contributed by atoms with Gasteiger partial charge in [0.25, 0.3) is 0 Å². The number of rotatable bonds is 11. The van der Waals surface area contributed by atoms with Crippen LogP contribution in [0.3, 0.4) is 0 Å². The summed E-state index contributed by atoms with van der Waals surface area (Å²) in [6, 6.07) is 6.71. The van der Waals surface area contributed by atoms with Crippen molar-refractivity contribution in [2.45, 2.75) is 90.3 Å². The highest BCUT2D eigenvalue weighted by Gasteiger charge is 2.34. The van der Waals surface area contributed by atoms with Gasteiger partial charge in [0.05, 0.1) is 33.1 Å². The Balaban J connectivity index is 1.50. The van der Waals surface area contributed by atoms with E-state index in [1.807, 2.05) is 19.1 Å². The number of fused-ring (bicyclic) bond motifs is 4. The van der Waals surface area contributed by atoms with Crippen molar-refractivity contribution in [1.82, 2.24) is 15.5 Å². The fraction of sp³-hybridized carbons (Fsp3) is 0.595. The fourth-order valence-corrected chi connectivity index (χ4v) is 7.85. The monoisotopic (exact) mass is 648 g/mol. The summed E-state index contributed by atoms with van der Waals surface area (Å²) in [6.45, 7) is 8.54. The minimum atomic E-state index is -0.585. The minimum Gasteiger partial charge on any atom is -0.493 e. The molecule has 2 heterocycles. The molecule has 5 unspecified atom stereocenters. The lowest BCUT2D eigenvalue weighted by atomic mass is 9.83. The molecule has 2 fully saturated rings. The molecule has 2 aliphatic heterocycles. The van der Waals surface area contributed by atoms with Gasteiger partial charge in [-0.15, -0.1) is 0 Å². The average molecular weight is 649 g/mol. The van der Waals surface area contributed by atoms with Crippen LogP contribution in [0.4, 0.5) is 5.69 Å². The predicted molar refractivity (Wildman–Crippen MR) is 184 cm³/mol. The number of carbonyl (C=O) groups is 2. The first-order chi connectivity index (χ1) is 22.7. The van der Waals surface area contributed by atoms with Gasteiger partial charge >= 0.3 is 0 Å². The van der Waals surface area contributed by atoms with E-state index in [1.165, 1.54) is 32.6 Å². The molecule has 1 aliphatic carbocycles. The third kappa shape index (κ3) is 7.37. The van der Waals surface area contributed by atoms with Crippen molar-refractivity contribution in [2.75, 3.05) is 46.3 Å². The molecule has 0 aromatic heterocycles. The summed E-state index contributed by atoms with van der Waals surface area (Å²) >= 11 is 0. The smallest absolute Gasteiger partial charge is 0.242 e. The van der Waals surface area contributed by atoms with E-state index < -0.39 is 12.1 Å². The Hall–Kier alpha value is -3.79. The molecule has 0 spiro atoms. The van der Waals surface area contributed by atoms with E-state index in [9.17, 15) is 14.4 Å². The molecule has 2 saturated heterocycles. The fourth-order valence-electron chi connectivity index (χ4n) is 7.85. The second-order valence-electron chi connectivity index (χ2n) is 13.3. The summed E-state index contributed by atoms with van der Waals surface area (Å²) in [5, 5.41) is 9.68. The molecule has 10 nitrogen and oxygen atoms in total. The SMILES string of the molecule is CCC(C)C(Nc1ccc2c(cc1=O)C(NC(C)=O)CCc1cc(OC)c(OC)c(OC)c1-2)C(=O)NCC1CCCN2CCCCC12. The zero-order valence-electron chi connectivity index (χ0n) is 28.9. The van der Waals surface area contributed by atoms with Gasteiger partial charge < -0.3 is 35.1 Å². The Morgan fingerprint density at radius 3 is 2.45 bits per heavy atom. The summed E-state index contributed by atoms with van der Waals surface area (Å²) in [7, 11) is 4.73. The van der Waals surface area contributed by atoms with Crippen LogP contribution in [0.15, 0.2) is 29.1 Å². The van der Waals surface area contributed by atoms with Crippen molar-refractivity contribution in [3.63, 3.8) is 0 Å². The Labute approximate surface area is 278 Å². The Morgan fingerprint density at radius 1 is 0.979 bits per heavy atom. The standard InChI is InChI=1S/C37H52N4O6/c1-7-22(2)34(37(44)38-21-25-11-10-18-41-17-9-8-12-30(25)41)40-29-16-14-26-27(20-31(29)43)28(39-23(3)42)15-13-24-19-32(45-4)35(46-5)36(47-6)33(24)26/h14,16,19-20,22,25,28,30,34H,7-13,15,17-18,21H2,1-6H3,(H,38,44)(H,39,42)(H,40,43). The van der Waals surface area contributed by atoms with Gasteiger partial charge in [0, 0.05) is 25.1 Å². The van der Waals surface area contributed by atoms with Gasteiger partial charge in [-0.2, -0.15) is 0 Å². The number of anilines is 1. The van der Waals surface area contributed by atoms with Gasteiger partial charge in [0.1, 0.15) is 6.04 Å². The third-order valence-corrected chi connectivity index (χ3v) is 10.5. The second kappa shape index (κ2) is 15.4. The zero-order valence-corrected chi connectivity index (χ0v) is 28.9. The van der Waals surface area contributed by atoms with E-state index in [0.29, 0.717) is 59.8 Å². The van der Waals surface area contributed by atoms with Crippen LogP contribution >= 0.6 is 0 Å². The van der Waals surface area contributed by atoms with E-state index in [0.717, 1.165) is 42.6 Å². The molecule has 0 bridgehead atoms. The highest BCUT2D eigenvalue weighted by Crippen LogP contribution is 2.50. The molecule has 0 radical (unpaired) electrons. The molecule has 3 aliphatic rings. The number of amides is 2. The lowest BCUT2D eigenvalue weighted by Crippen LogP contribution is -2.52. The Kier molecular flexibility index (Phi) is 11.3. The van der Waals surface area contributed by atoms with Crippen molar-refractivity contribution in [3.8, 4) is 28.4 Å². The van der Waals surface area contributed by atoms with Crippen molar-refractivity contribution >= 4 is 17.5 Å². The van der Waals surface area contributed by atoms with E-state index in [-0.39, 0.29) is 23.2 Å². The van der Waals surface area contributed by atoms with Crippen molar-refractivity contribution in [3.05, 3.63) is 45.6 Å². The highest BCUT2D eigenvalue weighted by molar-refractivity contribution is 5.86. The number of hydrogen-bond donors (Lipinski definition) is 3. The first-order valence-corrected chi connectivity index (χ1v) is 17.3. The molecule has 5 rings (SSSR count). The van der Waals surface area contributed by atoms with E-state index in [1.54, 1.807) is 33.5 Å². The summed E-state index contributed by atoms with van der Waals surface area (Å²) in [4.78, 5) is 42.7. The maximum atomic E-state index is 14.0. The first kappa shape index (κ1) is 34.5. The normalized spacial score (nSPS) is 21.9. The lowest BCUT2D eigenvalue weighted by molar-refractivity contribution is -0.123. The quantitative estimate of drug-likeness (QED) is 0.309. The van der Waals surface area contributed by atoms with Crippen LogP contribution in [-0.2, 0) is 16.0 Å². The maximum Gasteiger partial charge on any atom is 0.242 e. The lowest BCUT2D eigenvalue weighted by Gasteiger charge is -2.44. The molecule has 2 aromatic carbocycles. The number of nitrogens with one attached hydrogen (secondary N) is 3. The summed E-state index contributed by atoms with van der Waals surface area (Å²) < 4.78 is 17.3. The number of hydrogen-bond acceptors (Lipinski definition) is 8. The van der Waals surface area contributed by atoms with Crippen molar-refractivity contribution in [1.29, 1.82) is 0 Å². The summed E-state index contributed by atoms with van der Waals surface area (Å²) in [5.41, 5.74) is 3.25. The molecular formula is C37H52N4O6. The van der Waals surface area contributed by atoms with Crippen LogP contribution in [0.5, 0.6) is 17.2 Å². The van der Waals surface area contributed by atoms with E-state index in [2.05, 4.69) is 27.8 Å². The number of methoxy groups -OCH3 is 3. The molecule has 2 aromatic rings. The number of benzene rings is 1. The number of nitrogens with zero attached hydrogens (tertiary/aromatic N) is 1. The number of ether oxygens (including phenoxy) is 3. The van der Waals surface area contributed by atoms with Crippen LogP contribution in [0, 0.1) is 11.8 Å². The topological polar surface area (TPSA) is 118 Å². The highest BCUT2D eigenvalue weighted by atomic mass is 16.5. The second-order valence-corrected chi connectivity index (χ2v) is 13.3. The summed E-state index contributed by atoms with van der Waals surface area (Å²) in [5.74, 6) is 1.65. The van der Waals surface area contributed by atoms with Crippen molar-refractivity contribution in [2.24, 2.45) is 11.8 Å². The molecule has 10 heteroatoms. The van der Waals surface area contributed by atoms with Crippen LogP contribution < -0.4 is 35.6 Å². The van der Waals surface area contributed by atoms with Gasteiger partial charge in [0.2, 0.25) is 23.0 Å². The predicted octanol–water partition coefficient (Wildman–Crippen LogP) is 5.07. The van der Waals surface area contributed by atoms with Gasteiger partial charge in [-0.3, -0.25) is 14.4 Å². The number of aryl methyl sites for hydroxylation is 1. The molecular weight excluding hydrogens is 596 g/mol. The zero-order chi connectivity index (χ0) is 33.7. The van der Waals surface area contributed by atoms with Crippen molar-refractivity contribution < 1.29 is 23.8 Å². The van der Waals surface area contributed by atoms with Gasteiger partial charge in [0.15, 0.2) is 11.5 Å². The van der Waals surface area contributed by atoms with E-state index in [4.69, 9.17) is 14.2 Å². The molecule has 5 atom stereocenters. The molecule has 2 amide bonds. The van der Waals surface area contributed by atoms with Crippen LogP contribution in [-0.4, -0.2) is 69.8 Å². The average Bonchev–Trinajstić information content (AvgIpc) is 3.32. The van der Waals surface area contributed by atoms with Gasteiger partial charge in [-0.25, -0.2) is 0 Å². The summed E-state index contributed by atoms with van der Waals surface area (Å²) in [6.07, 6.45) is 7.97. The maximum absolute atomic E-state index is 14.0. The first-order valence-electron chi connectivity index (χ1n) is 17.3. The van der Waals surface area contributed by atoms with E-state index >= 15 is 0 Å². The van der Waals surface area contributed by atoms with Crippen LogP contribution in [0.2, 0.25) is 0 Å². The van der Waals surface area contributed by atoms with Crippen LogP contribution in [0.1, 0.15) is 82.9 Å². The number of carbonyl (C=O) groups excluding carboxylic acids is 2. The Morgan fingerprint density at radius 2 is 1.74 bits per heavy atom. The van der Waals surface area contributed by atoms with Gasteiger partial charge in [-0.1, -0.05) is 32.8 Å². The largest absolute Gasteiger partial charge is 0.493 e. The minimum absolute atomic E-state index is 0.0139. The Bertz CT molecular complexity index is 1510. The molecule has 0 saturated carbocycles. The molecule has 47 heavy (non-hydrogen) atoms. The third-order valence-electron chi connectivity index (χ3n) is 10.5.